The summed E-state index contributed by atoms with van der Waals surface area (Å²) in [6.07, 6.45) is 5.56. The molecule has 0 N–H and O–H groups in total. The van der Waals surface area contributed by atoms with Gasteiger partial charge in [-0.25, -0.2) is 4.68 Å². The minimum absolute atomic E-state index is 0.0930. The van der Waals surface area contributed by atoms with Crippen LogP contribution in [-0.4, -0.2) is 72.1 Å². The molecule has 0 atom stereocenters. The van der Waals surface area contributed by atoms with Crippen LogP contribution in [0.4, 0.5) is 0 Å². The quantitative estimate of drug-likeness (QED) is 0.788. The van der Waals surface area contributed by atoms with Gasteiger partial charge in [-0.15, -0.1) is 0 Å². The average molecular weight is 346 g/mol. The number of nitrogens with zero attached hydrogens (tertiary/aromatic N) is 4. The number of fused-ring (bicyclic) bond motifs is 1. The van der Waals surface area contributed by atoms with Crippen molar-refractivity contribution in [2.24, 2.45) is 5.92 Å². The maximum absolute atomic E-state index is 12.3. The highest BCUT2D eigenvalue weighted by Gasteiger charge is 2.22. The summed E-state index contributed by atoms with van der Waals surface area (Å²) in [5.41, 5.74) is 2.43. The number of aryl methyl sites for hydroxylation is 2. The van der Waals surface area contributed by atoms with Gasteiger partial charge in [-0.2, -0.15) is 5.10 Å². The Bertz CT molecular complexity index is 631. The third-order valence-corrected chi connectivity index (χ3v) is 6.00. The van der Waals surface area contributed by atoms with Crippen molar-refractivity contribution < 1.29 is 4.74 Å². The van der Waals surface area contributed by atoms with Crippen LogP contribution in [0.15, 0.2) is 10.9 Å². The number of hydrogen-bond acceptors (Lipinski definition) is 5. The number of hydrogen-bond donors (Lipinski definition) is 0. The predicted octanol–water partition coefficient (Wildman–Crippen LogP) is 0.776. The van der Waals surface area contributed by atoms with Crippen molar-refractivity contribution in [1.82, 2.24) is 19.6 Å². The molecule has 3 aliphatic rings. The Morgan fingerprint density at radius 1 is 1.04 bits per heavy atom. The van der Waals surface area contributed by atoms with Crippen LogP contribution in [0, 0.1) is 5.92 Å². The number of ether oxygens (including phenoxy) is 1. The molecule has 1 aliphatic carbocycles. The van der Waals surface area contributed by atoms with E-state index >= 15 is 0 Å². The zero-order valence-electron chi connectivity index (χ0n) is 15.2. The molecule has 1 aromatic heterocycles. The van der Waals surface area contributed by atoms with E-state index in [1.165, 1.54) is 18.4 Å². The van der Waals surface area contributed by atoms with Gasteiger partial charge in [0.25, 0.3) is 5.56 Å². The third-order valence-electron chi connectivity index (χ3n) is 6.00. The van der Waals surface area contributed by atoms with Crippen molar-refractivity contribution in [1.29, 1.82) is 0 Å². The molecule has 138 valence electrons. The second-order valence-corrected chi connectivity index (χ2v) is 7.73. The lowest BCUT2D eigenvalue weighted by Crippen LogP contribution is -2.44. The molecule has 0 spiro atoms. The fourth-order valence-electron chi connectivity index (χ4n) is 4.31. The molecule has 6 nitrogen and oxygen atoms in total. The van der Waals surface area contributed by atoms with Crippen molar-refractivity contribution in [2.75, 3.05) is 52.5 Å². The zero-order chi connectivity index (χ0) is 17.1. The second-order valence-electron chi connectivity index (χ2n) is 7.73. The number of aromatic nitrogens is 2. The van der Waals surface area contributed by atoms with E-state index in [1.807, 2.05) is 6.07 Å². The second kappa shape index (κ2) is 7.98. The first-order chi connectivity index (χ1) is 12.3. The van der Waals surface area contributed by atoms with Gasteiger partial charge in [0.15, 0.2) is 0 Å². The summed E-state index contributed by atoms with van der Waals surface area (Å²) in [6.45, 7) is 9.30. The van der Waals surface area contributed by atoms with Crippen LogP contribution >= 0.6 is 0 Å². The lowest BCUT2D eigenvalue weighted by molar-refractivity contribution is 0.0311. The van der Waals surface area contributed by atoms with Crippen LogP contribution in [0.5, 0.6) is 0 Å². The molecule has 25 heavy (non-hydrogen) atoms. The summed E-state index contributed by atoms with van der Waals surface area (Å²) in [5, 5.41) is 4.64. The molecule has 0 saturated carbocycles. The Morgan fingerprint density at radius 2 is 1.76 bits per heavy atom. The minimum Gasteiger partial charge on any atom is -0.379 e. The van der Waals surface area contributed by atoms with Crippen molar-refractivity contribution >= 4 is 0 Å². The van der Waals surface area contributed by atoms with Gasteiger partial charge < -0.3 is 9.64 Å². The first kappa shape index (κ1) is 17.2. The van der Waals surface area contributed by atoms with E-state index in [0.717, 1.165) is 84.0 Å². The molecule has 2 fully saturated rings. The molecule has 1 aromatic rings. The average Bonchev–Trinajstić information content (AvgIpc) is 3.09. The van der Waals surface area contributed by atoms with Crippen molar-refractivity contribution in [3.8, 4) is 0 Å². The lowest BCUT2D eigenvalue weighted by atomic mass is 9.97. The molecule has 2 saturated heterocycles. The lowest BCUT2D eigenvalue weighted by Gasteiger charge is -2.34. The molecule has 3 heterocycles. The van der Waals surface area contributed by atoms with Gasteiger partial charge in [0.1, 0.15) is 0 Å². The zero-order valence-corrected chi connectivity index (χ0v) is 15.2. The van der Waals surface area contributed by atoms with Gasteiger partial charge in [-0.05, 0) is 56.7 Å². The smallest absolute Gasteiger partial charge is 0.267 e. The van der Waals surface area contributed by atoms with E-state index in [1.54, 1.807) is 4.68 Å². The van der Waals surface area contributed by atoms with E-state index < -0.39 is 0 Å². The van der Waals surface area contributed by atoms with Gasteiger partial charge in [0.2, 0.25) is 0 Å². The Labute approximate surface area is 149 Å². The molecular formula is C19H30N4O2. The fourth-order valence-corrected chi connectivity index (χ4v) is 4.31. The largest absolute Gasteiger partial charge is 0.379 e. The van der Waals surface area contributed by atoms with Crippen molar-refractivity contribution in [2.45, 2.75) is 38.6 Å². The number of piperidine rings is 1. The van der Waals surface area contributed by atoms with Crippen LogP contribution in [0.3, 0.4) is 0 Å². The molecule has 2 aliphatic heterocycles. The first-order valence-corrected chi connectivity index (χ1v) is 9.90. The molecule has 4 rings (SSSR count). The topological polar surface area (TPSA) is 50.6 Å². The first-order valence-electron chi connectivity index (χ1n) is 9.90. The summed E-state index contributed by atoms with van der Waals surface area (Å²) in [7, 11) is 0. The van der Waals surface area contributed by atoms with Crippen LogP contribution in [0.2, 0.25) is 0 Å². The molecule has 6 heteroatoms. The van der Waals surface area contributed by atoms with Crippen LogP contribution in [-0.2, 0) is 24.1 Å². The summed E-state index contributed by atoms with van der Waals surface area (Å²) in [5.74, 6) is 0.587. The molecule has 0 radical (unpaired) electrons. The molecule has 0 bridgehead atoms. The number of rotatable bonds is 5. The number of morpholine rings is 1. The standard InChI is InChI=1S/C19H30N4O2/c24-19-14-17-2-1-3-18(17)20-23(19)15-16-4-6-21(7-5-16)8-9-22-10-12-25-13-11-22/h14,16H,1-13,15H2. The Balaban J connectivity index is 1.24. The maximum Gasteiger partial charge on any atom is 0.267 e. The minimum atomic E-state index is 0.0930. The molecule has 0 amide bonds. The highest BCUT2D eigenvalue weighted by atomic mass is 16.5. The van der Waals surface area contributed by atoms with Gasteiger partial charge in [-0.3, -0.25) is 9.69 Å². The van der Waals surface area contributed by atoms with E-state index in [-0.39, 0.29) is 5.56 Å². The van der Waals surface area contributed by atoms with Crippen LogP contribution in [0.1, 0.15) is 30.5 Å². The highest BCUT2D eigenvalue weighted by molar-refractivity contribution is 5.22. The molecular weight excluding hydrogens is 316 g/mol. The van der Waals surface area contributed by atoms with Crippen molar-refractivity contribution in [3.05, 3.63) is 27.7 Å². The molecule has 0 aromatic carbocycles. The summed E-state index contributed by atoms with van der Waals surface area (Å²) >= 11 is 0. The van der Waals surface area contributed by atoms with E-state index in [4.69, 9.17) is 4.74 Å². The van der Waals surface area contributed by atoms with Crippen LogP contribution in [0.25, 0.3) is 0 Å². The maximum atomic E-state index is 12.3. The third kappa shape index (κ3) is 4.30. The normalized spacial score (nSPS) is 23.0. The van der Waals surface area contributed by atoms with Gasteiger partial charge in [0, 0.05) is 38.8 Å². The number of likely N-dealkylation sites (tertiary alicyclic amines) is 1. The van der Waals surface area contributed by atoms with Crippen molar-refractivity contribution in [3.63, 3.8) is 0 Å². The van der Waals surface area contributed by atoms with Gasteiger partial charge in [0.05, 0.1) is 18.9 Å². The van der Waals surface area contributed by atoms with Crippen LogP contribution < -0.4 is 5.56 Å². The fraction of sp³-hybridized carbons (Fsp3) is 0.789. The Hall–Kier alpha value is -1.24. The highest BCUT2D eigenvalue weighted by Crippen LogP contribution is 2.20. The van der Waals surface area contributed by atoms with E-state index in [0.29, 0.717) is 5.92 Å². The van der Waals surface area contributed by atoms with Gasteiger partial charge >= 0.3 is 0 Å². The molecule has 0 unspecified atom stereocenters. The van der Waals surface area contributed by atoms with Gasteiger partial charge in [-0.1, -0.05) is 0 Å². The summed E-state index contributed by atoms with van der Waals surface area (Å²) in [6, 6.07) is 1.83. The Morgan fingerprint density at radius 3 is 2.52 bits per heavy atom. The predicted molar refractivity (Wildman–Crippen MR) is 96.9 cm³/mol. The SMILES string of the molecule is O=c1cc2c(nn1CC1CCN(CCN3CCOCC3)CC1)CCC2. The summed E-state index contributed by atoms with van der Waals surface area (Å²) < 4.78 is 7.14. The summed E-state index contributed by atoms with van der Waals surface area (Å²) in [4.78, 5) is 17.3. The Kier molecular flexibility index (Phi) is 5.48. The monoisotopic (exact) mass is 346 g/mol. The van der Waals surface area contributed by atoms with E-state index in [9.17, 15) is 4.79 Å². The van der Waals surface area contributed by atoms with E-state index in [2.05, 4.69) is 14.9 Å².